The number of hydrogen-bond donors (Lipinski definition) is 2. The van der Waals surface area contributed by atoms with Gasteiger partial charge in [0.2, 0.25) is 0 Å². The van der Waals surface area contributed by atoms with Crippen LogP contribution in [0.4, 0.5) is 0 Å². The summed E-state index contributed by atoms with van der Waals surface area (Å²) in [6, 6.07) is 5.13. The lowest BCUT2D eigenvalue weighted by Crippen LogP contribution is -2.46. The number of halogens is 2. The van der Waals surface area contributed by atoms with Crippen molar-refractivity contribution in [1.82, 2.24) is 5.32 Å². The zero-order valence-electron chi connectivity index (χ0n) is 11.2. The minimum Gasteiger partial charge on any atom is -0.481 e. The molecule has 2 aliphatic rings. The van der Waals surface area contributed by atoms with E-state index in [4.69, 9.17) is 0 Å². The first-order valence-electron chi connectivity index (χ1n) is 6.96. The number of carboxylic acids is 1. The molecule has 0 aliphatic heterocycles. The molecule has 0 heterocycles. The van der Waals surface area contributed by atoms with E-state index >= 15 is 0 Å². The molecule has 0 radical (unpaired) electrons. The van der Waals surface area contributed by atoms with E-state index in [1.807, 2.05) is 6.07 Å². The number of carbonyl (C=O) groups excluding carboxylic acids is 1. The number of rotatable bonds is 3. The van der Waals surface area contributed by atoms with Crippen LogP contribution < -0.4 is 5.32 Å². The number of fused-ring (bicyclic) bond motifs is 2. The number of carbonyl (C=O) groups is 2. The van der Waals surface area contributed by atoms with Crippen molar-refractivity contribution >= 4 is 43.7 Å². The molecule has 4 atom stereocenters. The van der Waals surface area contributed by atoms with Gasteiger partial charge in [-0.15, -0.1) is 0 Å². The normalized spacial score (nSPS) is 30.4. The van der Waals surface area contributed by atoms with Crippen LogP contribution in [-0.2, 0) is 4.79 Å². The average Bonchev–Trinajstić information content (AvgIpc) is 3.02. The van der Waals surface area contributed by atoms with E-state index in [9.17, 15) is 14.7 Å². The van der Waals surface area contributed by atoms with E-state index < -0.39 is 11.9 Å². The summed E-state index contributed by atoms with van der Waals surface area (Å²) in [6.45, 7) is 0. The van der Waals surface area contributed by atoms with Crippen molar-refractivity contribution in [3.63, 3.8) is 0 Å². The van der Waals surface area contributed by atoms with Crippen molar-refractivity contribution in [2.45, 2.75) is 25.3 Å². The second kappa shape index (κ2) is 5.72. The maximum Gasteiger partial charge on any atom is 0.308 e. The average molecular weight is 417 g/mol. The number of carboxylic acid groups (broad SMARTS) is 1. The fraction of sp³-hybridized carbons (Fsp3) is 0.467. The molecule has 1 aromatic carbocycles. The lowest BCUT2D eigenvalue weighted by molar-refractivity contribution is -0.144. The minimum atomic E-state index is -0.791. The maximum absolute atomic E-state index is 12.5. The summed E-state index contributed by atoms with van der Waals surface area (Å²) < 4.78 is 1.52. The van der Waals surface area contributed by atoms with Crippen molar-refractivity contribution in [2.75, 3.05) is 0 Å². The minimum absolute atomic E-state index is 0.212. The van der Waals surface area contributed by atoms with Gasteiger partial charge in [-0.25, -0.2) is 0 Å². The molecular formula is C15H15Br2NO3. The molecule has 1 aromatic rings. The molecule has 112 valence electrons. The standard InChI is InChI=1S/C15H15Br2NO3/c16-9-3-4-11(17)10(6-9)14(19)18-13-8-2-1-7(5-8)12(13)15(20)21/h3-4,6-8,12-13H,1-2,5H2,(H,18,19)(H,20,21). The Morgan fingerprint density at radius 2 is 1.90 bits per heavy atom. The molecule has 6 heteroatoms. The molecule has 2 N–H and O–H groups in total. The lowest BCUT2D eigenvalue weighted by Gasteiger charge is -2.29. The SMILES string of the molecule is O=C(NC1C2CCC(C2)C1C(=O)O)c1cc(Br)ccc1Br. The monoisotopic (exact) mass is 415 g/mol. The fourth-order valence-corrected chi connectivity index (χ4v) is 4.54. The van der Waals surface area contributed by atoms with E-state index in [0.29, 0.717) is 16.0 Å². The fourth-order valence-electron chi connectivity index (χ4n) is 3.75. The molecule has 2 fully saturated rings. The van der Waals surface area contributed by atoms with Crippen molar-refractivity contribution in [3.8, 4) is 0 Å². The van der Waals surface area contributed by atoms with Crippen LogP contribution in [0.15, 0.2) is 27.1 Å². The first-order chi connectivity index (χ1) is 9.97. The Hall–Kier alpha value is -0.880. The maximum atomic E-state index is 12.5. The van der Waals surface area contributed by atoms with Crippen molar-refractivity contribution in [1.29, 1.82) is 0 Å². The van der Waals surface area contributed by atoms with Crippen LogP contribution in [0.5, 0.6) is 0 Å². The van der Waals surface area contributed by atoms with Gasteiger partial charge in [0, 0.05) is 15.0 Å². The summed E-state index contributed by atoms with van der Waals surface area (Å²) in [6.07, 6.45) is 2.90. The van der Waals surface area contributed by atoms with Gasteiger partial charge in [-0.3, -0.25) is 9.59 Å². The van der Waals surface area contributed by atoms with Crippen LogP contribution in [0.25, 0.3) is 0 Å². The zero-order chi connectivity index (χ0) is 15.1. The van der Waals surface area contributed by atoms with Gasteiger partial charge in [-0.05, 0) is 65.2 Å². The summed E-state index contributed by atoms with van der Waals surface area (Å²) in [4.78, 5) is 23.9. The topological polar surface area (TPSA) is 66.4 Å². The van der Waals surface area contributed by atoms with E-state index in [1.54, 1.807) is 12.1 Å². The molecule has 2 aliphatic carbocycles. The van der Waals surface area contributed by atoms with Crippen LogP contribution in [0, 0.1) is 17.8 Å². The number of amides is 1. The lowest BCUT2D eigenvalue weighted by atomic mass is 9.84. The number of nitrogens with one attached hydrogen (secondary N) is 1. The van der Waals surface area contributed by atoms with Crippen LogP contribution in [0.3, 0.4) is 0 Å². The third kappa shape index (κ3) is 2.75. The first-order valence-corrected chi connectivity index (χ1v) is 8.54. The van der Waals surface area contributed by atoms with E-state index in [1.165, 1.54) is 0 Å². The largest absolute Gasteiger partial charge is 0.481 e. The molecule has 2 bridgehead atoms. The van der Waals surface area contributed by atoms with Crippen LogP contribution in [-0.4, -0.2) is 23.0 Å². The van der Waals surface area contributed by atoms with Crippen molar-refractivity contribution < 1.29 is 14.7 Å². The molecule has 0 spiro atoms. The summed E-state index contributed by atoms with van der Waals surface area (Å²) in [5.74, 6) is -0.943. The van der Waals surface area contributed by atoms with Crippen LogP contribution in [0.1, 0.15) is 29.6 Å². The highest BCUT2D eigenvalue weighted by Crippen LogP contribution is 2.48. The quantitative estimate of drug-likeness (QED) is 0.792. The van der Waals surface area contributed by atoms with E-state index in [-0.39, 0.29) is 17.9 Å². The van der Waals surface area contributed by atoms with Gasteiger partial charge in [0.25, 0.3) is 5.91 Å². The molecule has 0 saturated heterocycles. The summed E-state index contributed by atoms with van der Waals surface area (Å²) >= 11 is 6.72. The Morgan fingerprint density at radius 1 is 1.19 bits per heavy atom. The van der Waals surface area contributed by atoms with Crippen molar-refractivity contribution in [2.24, 2.45) is 17.8 Å². The highest BCUT2D eigenvalue weighted by Gasteiger charge is 2.51. The third-order valence-electron chi connectivity index (χ3n) is 4.67. The predicted octanol–water partition coefficient (Wildman–Crippen LogP) is 3.44. The second-order valence-corrected chi connectivity index (χ2v) is 7.59. The molecular weight excluding hydrogens is 402 g/mol. The van der Waals surface area contributed by atoms with E-state index in [2.05, 4.69) is 37.2 Å². The second-order valence-electron chi connectivity index (χ2n) is 5.82. The van der Waals surface area contributed by atoms with Gasteiger partial charge >= 0.3 is 5.97 Å². The summed E-state index contributed by atoms with van der Waals surface area (Å²) in [5.41, 5.74) is 0.524. The first kappa shape index (κ1) is 15.0. The van der Waals surface area contributed by atoms with E-state index in [0.717, 1.165) is 23.7 Å². The van der Waals surface area contributed by atoms with Gasteiger partial charge in [0.15, 0.2) is 0 Å². The van der Waals surface area contributed by atoms with Gasteiger partial charge in [-0.2, -0.15) is 0 Å². The van der Waals surface area contributed by atoms with Crippen LogP contribution in [0.2, 0.25) is 0 Å². The zero-order valence-corrected chi connectivity index (χ0v) is 14.4. The molecule has 4 unspecified atom stereocenters. The number of benzene rings is 1. The molecule has 2 saturated carbocycles. The Labute approximate surface area is 139 Å². The van der Waals surface area contributed by atoms with Gasteiger partial charge in [0.05, 0.1) is 11.5 Å². The van der Waals surface area contributed by atoms with Gasteiger partial charge in [-0.1, -0.05) is 15.9 Å². The Bertz CT molecular complexity index is 605. The van der Waals surface area contributed by atoms with Gasteiger partial charge in [0.1, 0.15) is 0 Å². The Balaban J connectivity index is 1.81. The highest BCUT2D eigenvalue weighted by atomic mass is 79.9. The molecule has 1 amide bonds. The van der Waals surface area contributed by atoms with Crippen molar-refractivity contribution in [3.05, 3.63) is 32.7 Å². The smallest absolute Gasteiger partial charge is 0.308 e. The predicted molar refractivity (Wildman–Crippen MR) is 85.1 cm³/mol. The van der Waals surface area contributed by atoms with Gasteiger partial charge < -0.3 is 10.4 Å². The molecule has 4 nitrogen and oxygen atoms in total. The molecule has 21 heavy (non-hydrogen) atoms. The third-order valence-corrected chi connectivity index (χ3v) is 5.86. The van der Waals surface area contributed by atoms with Crippen LogP contribution >= 0.6 is 31.9 Å². The summed E-state index contributed by atoms with van der Waals surface area (Å²) in [7, 11) is 0. The summed E-state index contributed by atoms with van der Waals surface area (Å²) in [5, 5.41) is 12.4. The number of aliphatic carboxylic acids is 1. The highest BCUT2D eigenvalue weighted by molar-refractivity contribution is 9.11. The number of hydrogen-bond acceptors (Lipinski definition) is 2. The molecule has 3 rings (SSSR count). The Morgan fingerprint density at radius 3 is 2.62 bits per heavy atom. The molecule has 0 aromatic heterocycles. The Kier molecular flexibility index (Phi) is 4.10.